The lowest BCUT2D eigenvalue weighted by molar-refractivity contribution is -0.160. The molecule has 6 N–H and O–H groups in total. The normalized spacial score (nSPS) is 28.5. The van der Waals surface area contributed by atoms with Gasteiger partial charge in [-0.15, -0.1) is 0 Å². The number of allylic oxidation sites excluding steroid dienone is 2. The van der Waals surface area contributed by atoms with E-state index in [2.05, 4.69) is 10.5 Å². The second-order valence-electron chi connectivity index (χ2n) is 16.6. The molecule has 1 amide bonds. The molecule has 0 saturated heterocycles. The van der Waals surface area contributed by atoms with Gasteiger partial charge >= 0.3 is 11.8 Å². The van der Waals surface area contributed by atoms with Crippen molar-refractivity contribution in [2.24, 2.45) is 28.8 Å². The number of para-hydroxylation sites is 1. The molecular formula is C48H60N2O14. The quantitative estimate of drug-likeness (QED) is 0.0302. The van der Waals surface area contributed by atoms with Gasteiger partial charge in [-0.1, -0.05) is 69.3 Å². The first-order valence-electron chi connectivity index (χ1n) is 21.3. The van der Waals surface area contributed by atoms with Crippen LogP contribution in [-0.4, -0.2) is 99.9 Å². The van der Waals surface area contributed by atoms with Crippen molar-refractivity contribution in [3.63, 3.8) is 0 Å². The molecule has 16 heteroatoms. The first kappa shape index (κ1) is 48.9. The fourth-order valence-electron chi connectivity index (χ4n) is 7.99. The number of oxime groups is 1. The molecule has 3 aromatic carbocycles. The van der Waals surface area contributed by atoms with Gasteiger partial charge in [0, 0.05) is 61.2 Å². The van der Waals surface area contributed by atoms with Gasteiger partial charge < -0.3 is 59.4 Å². The molecule has 0 saturated carbocycles. The van der Waals surface area contributed by atoms with Crippen LogP contribution in [0.3, 0.4) is 0 Å². The summed E-state index contributed by atoms with van der Waals surface area (Å²) in [6, 6.07) is 9.33. The minimum atomic E-state index is -2.08. The number of aliphatic hydroxyl groups is 2. The highest BCUT2D eigenvalue weighted by Crippen LogP contribution is 2.55. The number of carbonyl (C=O) groups excluding carboxylic acids is 3. The number of esters is 1. The van der Waals surface area contributed by atoms with Crippen molar-refractivity contribution in [3.8, 4) is 28.7 Å². The summed E-state index contributed by atoms with van der Waals surface area (Å²) in [6.07, 6.45) is 5.66. The lowest BCUT2D eigenvalue weighted by Crippen LogP contribution is -2.46. The molecule has 3 aliphatic heterocycles. The zero-order valence-corrected chi connectivity index (χ0v) is 37.7. The summed E-state index contributed by atoms with van der Waals surface area (Å²) in [5.74, 6) is -8.02. The van der Waals surface area contributed by atoms with E-state index in [0.29, 0.717) is 19.4 Å². The Bertz CT molecular complexity index is 2310. The number of hydrogen-bond donors (Lipinski definition) is 6. The highest BCUT2D eigenvalue weighted by atomic mass is 16.7. The number of phenols is 3. The van der Waals surface area contributed by atoms with Crippen LogP contribution in [0.25, 0.3) is 10.8 Å². The molecule has 0 spiro atoms. The summed E-state index contributed by atoms with van der Waals surface area (Å²) < 4.78 is 29.3. The Kier molecular flexibility index (Phi) is 16.1. The smallest absolute Gasteiger partial charge is 0.312 e. The lowest BCUT2D eigenvalue weighted by atomic mass is 9.78. The Labute approximate surface area is 372 Å². The fraction of sp³-hybridized carbons (Fsp3) is 0.458. The van der Waals surface area contributed by atoms with Crippen LogP contribution in [0.1, 0.15) is 82.8 Å². The summed E-state index contributed by atoms with van der Waals surface area (Å²) in [4.78, 5) is 46.0. The number of phenolic OH excluding ortho intramolecular Hbond substituents is 3. The van der Waals surface area contributed by atoms with Crippen molar-refractivity contribution < 1.29 is 68.4 Å². The molecule has 346 valence electrons. The van der Waals surface area contributed by atoms with E-state index in [-0.39, 0.29) is 51.1 Å². The van der Waals surface area contributed by atoms with Crippen LogP contribution >= 0.6 is 0 Å². The average Bonchev–Trinajstić information content (AvgIpc) is 3.53. The molecule has 0 aliphatic carbocycles. The van der Waals surface area contributed by atoms with Crippen molar-refractivity contribution in [2.45, 2.75) is 98.4 Å². The molecule has 64 heavy (non-hydrogen) atoms. The summed E-state index contributed by atoms with van der Waals surface area (Å²) in [7, 11) is 1.43. The summed E-state index contributed by atoms with van der Waals surface area (Å²) in [5.41, 5.74) is -0.669. The van der Waals surface area contributed by atoms with Gasteiger partial charge in [0.1, 0.15) is 35.7 Å². The van der Waals surface area contributed by atoms with Crippen molar-refractivity contribution in [2.75, 3.05) is 25.6 Å². The molecule has 6 rings (SSSR count). The number of methoxy groups -OCH3 is 1. The predicted octanol–water partition coefficient (Wildman–Crippen LogP) is 6.96. The second kappa shape index (κ2) is 21.1. The molecule has 3 heterocycles. The van der Waals surface area contributed by atoms with Crippen LogP contribution < -0.4 is 14.8 Å². The highest BCUT2D eigenvalue weighted by molar-refractivity contribution is 6.23. The number of aromatic hydroxyl groups is 3. The summed E-state index contributed by atoms with van der Waals surface area (Å²) in [6.45, 7) is 13.0. The van der Waals surface area contributed by atoms with E-state index in [4.69, 9.17) is 28.5 Å². The highest BCUT2D eigenvalue weighted by Gasteiger charge is 2.50. The van der Waals surface area contributed by atoms with E-state index in [9.17, 15) is 39.9 Å². The topological polar surface area (TPSA) is 232 Å². The van der Waals surface area contributed by atoms with Crippen LogP contribution in [0.4, 0.5) is 5.69 Å². The zero-order chi connectivity index (χ0) is 47.0. The van der Waals surface area contributed by atoms with E-state index in [0.717, 1.165) is 12.0 Å². The van der Waals surface area contributed by atoms with Crippen LogP contribution in [0.5, 0.6) is 28.7 Å². The maximum absolute atomic E-state index is 14.4. The number of nitrogens with zero attached hydrogens (tertiary/aromatic N) is 1. The number of fused-ring (bicyclic) bond motifs is 14. The molecule has 3 aromatic rings. The van der Waals surface area contributed by atoms with Gasteiger partial charge in [-0.3, -0.25) is 14.4 Å². The zero-order valence-electron chi connectivity index (χ0n) is 37.7. The SMILES string of the molecule is CO[C@H]1/C=C\O[C@@]2(C)Oc3c(C)c(O)c4c(O)c(c(/C=N/OCCCCOc5ccccc5)c(O)c4c3C2=O)NC(=O)/C(C)=C\C=C/[C@H](C)[C@H](O)[C@@H](C)[C@@H](O)[C@@H](C)[C@H](OC(C)=O)[C@@H]1C. The number of anilines is 1. The van der Waals surface area contributed by atoms with E-state index in [1.54, 1.807) is 39.8 Å². The Morgan fingerprint density at radius 3 is 2.27 bits per heavy atom. The fourth-order valence-corrected chi connectivity index (χ4v) is 7.99. The molecule has 0 radical (unpaired) electrons. The number of ether oxygens (including phenoxy) is 5. The van der Waals surface area contributed by atoms with E-state index in [1.807, 2.05) is 30.3 Å². The van der Waals surface area contributed by atoms with Crippen LogP contribution in [0, 0.1) is 30.6 Å². The van der Waals surface area contributed by atoms with Gasteiger partial charge in [0.2, 0.25) is 0 Å². The third kappa shape index (κ3) is 10.5. The molecule has 0 aromatic heterocycles. The number of carbonyl (C=O) groups is 3. The number of rotatable bonds is 10. The van der Waals surface area contributed by atoms with Gasteiger partial charge in [0.15, 0.2) is 5.75 Å². The van der Waals surface area contributed by atoms with Crippen LogP contribution in [0.2, 0.25) is 0 Å². The number of amides is 1. The number of hydrogen-bond acceptors (Lipinski definition) is 15. The van der Waals surface area contributed by atoms with Crippen LogP contribution in [0.15, 0.2) is 71.6 Å². The minimum Gasteiger partial charge on any atom is -0.507 e. The van der Waals surface area contributed by atoms with E-state index in [1.165, 1.54) is 53.2 Å². The summed E-state index contributed by atoms with van der Waals surface area (Å²) >= 11 is 0. The predicted molar refractivity (Wildman–Crippen MR) is 239 cm³/mol. The van der Waals surface area contributed by atoms with Gasteiger partial charge in [0.05, 0.1) is 59.6 Å². The number of nitrogens with one attached hydrogen (secondary N) is 1. The monoisotopic (exact) mass is 888 g/mol. The number of unbranched alkanes of at least 4 members (excludes halogenated alkanes) is 1. The third-order valence-electron chi connectivity index (χ3n) is 11.9. The number of Topliss-reactive ketones (excluding diaryl/α,β-unsaturated/α-hetero) is 1. The second-order valence-corrected chi connectivity index (χ2v) is 16.6. The molecule has 0 unspecified atom stereocenters. The number of benzene rings is 3. The number of aliphatic hydroxyl groups excluding tert-OH is 2. The Balaban J connectivity index is 1.59. The van der Waals surface area contributed by atoms with Gasteiger partial charge in [0.25, 0.3) is 11.7 Å². The van der Waals surface area contributed by atoms with Crippen molar-refractivity contribution in [1.82, 2.24) is 0 Å². The maximum atomic E-state index is 14.4. The Hall–Kier alpha value is -6.10. The van der Waals surface area contributed by atoms with E-state index >= 15 is 0 Å². The molecule has 9 atom stereocenters. The van der Waals surface area contributed by atoms with Gasteiger partial charge in [-0.25, -0.2) is 0 Å². The Morgan fingerprint density at radius 1 is 0.906 bits per heavy atom. The van der Waals surface area contributed by atoms with Gasteiger partial charge in [-0.05, 0) is 44.9 Å². The Morgan fingerprint density at radius 2 is 1.59 bits per heavy atom. The summed E-state index contributed by atoms with van der Waals surface area (Å²) in [5, 5.41) is 64.4. The molecule has 3 aliphatic rings. The number of ketones is 1. The molecule has 16 nitrogen and oxygen atoms in total. The third-order valence-corrected chi connectivity index (χ3v) is 11.9. The van der Waals surface area contributed by atoms with Crippen LogP contribution in [-0.2, 0) is 28.6 Å². The standard InChI is InChI=1S/C48H60N2O14/c1-25-16-15-17-26(2)47(58)50-38-33(24-49-62-22-14-13-21-60-32-18-11-10-12-19-32)42(55)35-36(43(38)56)41(54)30(6)45-37(35)46(57)48(8,64-45)61-23-20-34(59-9)27(3)44(63-31(7)51)29(5)40(53)28(4)39(25)52/h10-12,15-20,23-25,27-29,34,39-40,44,52-56H,13-14,21-22H2,1-9H3,(H,50,58)/b16-15-,23-20-,26-17-,49-24+/t25-,27+,28+,29+,34-,39-,40+,44+,48-/m0/s1. The van der Waals surface area contributed by atoms with E-state index < -0.39 is 88.8 Å². The minimum absolute atomic E-state index is 0.0255. The van der Waals surface area contributed by atoms with Crippen molar-refractivity contribution in [3.05, 3.63) is 83.2 Å². The average molecular weight is 889 g/mol. The van der Waals surface area contributed by atoms with Crippen molar-refractivity contribution >= 4 is 40.3 Å². The molecular weight excluding hydrogens is 829 g/mol. The maximum Gasteiger partial charge on any atom is 0.312 e. The first-order chi connectivity index (χ1) is 30.3. The molecule has 0 fully saturated rings. The largest absolute Gasteiger partial charge is 0.507 e. The lowest BCUT2D eigenvalue weighted by Gasteiger charge is -2.38. The van der Waals surface area contributed by atoms with Gasteiger partial charge in [-0.2, -0.15) is 0 Å². The first-order valence-corrected chi connectivity index (χ1v) is 21.3. The molecule has 5 bridgehead atoms. The van der Waals surface area contributed by atoms with Crippen molar-refractivity contribution in [1.29, 1.82) is 0 Å².